The summed E-state index contributed by atoms with van der Waals surface area (Å²) in [6.07, 6.45) is 2.16. The highest BCUT2D eigenvalue weighted by molar-refractivity contribution is 5.40. The van der Waals surface area contributed by atoms with Gasteiger partial charge in [0.15, 0.2) is 0 Å². The lowest BCUT2D eigenvalue weighted by Crippen LogP contribution is -2.39. The molecule has 4 heteroatoms. The van der Waals surface area contributed by atoms with Crippen molar-refractivity contribution < 1.29 is 14.2 Å². The summed E-state index contributed by atoms with van der Waals surface area (Å²) < 4.78 is 16.6. The molecular formula is C15H23NO3. The first-order chi connectivity index (χ1) is 9.12. The minimum absolute atomic E-state index is 0.124. The molecule has 1 aromatic rings. The molecule has 4 nitrogen and oxygen atoms in total. The van der Waals surface area contributed by atoms with Crippen LogP contribution in [0.3, 0.4) is 0 Å². The van der Waals surface area contributed by atoms with Gasteiger partial charge in [-0.15, -0.1) is 0 Å². The molecule has 1 heterocycles. The first kappa shape index (κ1) is 14.2. The Balaban J connectivity index is 2.36. The Labute approximate surface area is 115 Å². The molecule has 19 heavy (non-hydrogen) atoms. The van der Waals surface area contributed by atoms with E-state index in [0.29, 0.717) is 0 Å². The van der Waals surface area contributed by atoms with Crippen LogP contribution >= 0.6 is 0 Å². The summed E-state index contributed by atoms with van der Waals surface area (Å²) in [6, 6.07) is 6.08. The predicted molar refractivity (Wildman–Crippen MR) is 74.9 cm³/mol. The lowest BCUT2D eigenvalue weighted by Gasteiger charge is -2.33. The number of rotatable bonds is 5. The molecule has 2 unspecified atom stereocenters. The van der Waals surface area contributed by atoms with E-state index >= 15 is 0 Å². The van der Waals surface area contributed by atoms with Crippen molar-refractivity contribution in [3.63, 3.8) is 0 Å². The Morgan fingerprint density at radius 1 is 1.21 bits per heavy atom. The summed E-state index contributed by atoms with van der Waals surface area (Å²) in [7, 11) is 5.30. The summed E-state index contributed by atoms with van der Waals surface area (Å²) in [6.45, 7) is 2.99. The quantitative estimate of drug-likeness (QED) is 0.888. The molecule has 1 aromatic carbocycles. The Morgan fingerprint density at radius 2 is 1.84 bits per heavy atom. The molecule has 2 atom stereocenters. The Bertz CT molecular complexity index is 405. The van der Waals surface area contributed by atoms with Crippen LogP contribution in [0.4, 0.5) is 0 Å². The Hall–Kier alpha value is -1.26. The van der Waals surface area contributed by atoms with Crippen LogP contribution in [-0.2, 0) is 4.74 Å². The number of nitrogens with one attached hydrogen (secondary N) is 1. The molecule has 0 amide bonds. The number of ether oxygens (including phenoxy) is 3. The van der Waals surface area contributed by atoms with Gasteiger partial charge in [0, 0.05) is 12.7 Å². The zero-order valence-electron chi connectivity index (χ0n) is 12.2. The first-order valence-corrected chi connectivity index (χ1v) is 6.67. The molecule has 1 fully saturated rings. The molecule has 0 spiro atoms. The molecule has 106 valence electrons. The largest absolute Gasteiger partial charge is 0.497 e. The van der Waals surface area contributed by atoms with Gasteiger partial charge in [-0.25, -0.2) is 0 Å². The van der Waals surface area contributed by atoms with Gasteiger partial charge in [0.2, 0.25) is 0 Å². The van der Waals surface area contributed by atoms with Crippen LogP contribution in [0, 0.1) is 0 Å². The van der Waals surface area contributed by atoms with E-state index in [2.05, 4.69) is 12.2 Å². The van der Waals surface area contributed by atoms with Crippen LogP contribution in [0.1, 0.15) is 31.4 Å². The van der Waals surface area contributed by atoms with Crippen LogP contribution in [0.25, 0.3) is 0 Å². The lowest BCUT2D eigenvalue weighted by molar-refractivity contribution is -0.0105. The molecule has 0 saturated carbocycles. The van der Waals surface area contributed by atoms with E-state index in [0.717, 1.165) is 36.5 Å². The predicted octanol–water partition coefficient (Wildman–Crippen LogP) is 2.53. The fourth-order valence-electron chi connectivity index (χ4n) is 2.85. The summed E-state index contributed by atoms with van der Waals surface area (Å²) in [5, 5.41) is 3.37. The van der Waals surface area contributed by atoms with Crippen molar-refractivity contribution in [2.75, 3.05) is 27.9 Å². The normalized spacial score (nSPS) is 24.2. The van der Waals surface area contributed by atoms with Crippen molar-refractivity contribution in [2.24, 2.45) is 0 Å². The van der Waals surface area contributed by atoms with E-state index in [1.165, 1.54) is 0 Å². The van der Waals surface area contributed by atoms with Gasteiger partial charge in [-0.2, -0.15) is 0 Å². The molecule has 1 aliphatic rings. The summed E-state index contributed by atoms with van der Waals surface area (Å²) >= 11 is 0. The molecule has 0 aliphatic carbocycles. The summed E-state index contributed by atoms with van der Waals surface area (Å²) in [5.74, 6) is 1.60. The van der Waals surface area contributed by atoms with E-state index in [4.69, 9.17) is 14.2 Å². The third kappa shape index (κ3) is 2.85. The molecule has 0 radical (unpaired) electrons. The van der Waals surface area contributed by atoms with Crippen molar-refractivity contribution in [3.8, 4) is 11.5 Å². The number of hydrogen-bond donors (Lipinski definition) is 1. The van der Waals surface area contributed by atoms with Gasteiger partial charge in [-0.05, 0) is 44.5 Å². The van der Waals surface area contributed by atoms with E-state index in [9.17, 15) is 0 Å². The second kappa shape index (κ2) is 5.80. The first-order valence-electron chi connectivity index (χ1n) is 6.67. The highest BCUT2D eigenvalue weighted by Gasteiger charge is 2.38. The molecule has 2 rings (SSSR count). The highest BCUT2D eigenvalue weighted by atomic mass is 16.5. The molecular weight excluding hydrogens is 242 g/mol. The van der Waals surface area contributed by atoms with Gasteiger partial charge in [-0.1, -0.05) is 0 Å². The fourth-order valence-corrected chi connectivity index (χ4v) is 2.85. The van der Waals surface area contributed by atoms with E-state index in [-0.39, 0.29) is 11.6 Å². The van der Waals surface area contributed by atoms with E-state index < -0.39 is 0 Å². The van der Waals surface area contributed by atoms with Gasteiger partial charge >= 0.3 is 0 Å². The topological polar surface area (TPSA) is 39.7 Å². The van der Waals surface area contributed by atoms with Gasteiger partial charge in [0.05, 0.1) is 25.9 Å². The van der Waals surface area contributed by atoms with Crippen molar-refractivity contribution in [3.05, 3.63) is 23.8 Å². The van der Waals surface area contributed by atoms with Crippen LogP contribution in [0.2, 0.25) is 0 Å². The number of benzene rings is 1. The fraction of sp³-hybridized carbons (Fsp3) is 0.600. The average molecular weight is 265 g/mol. The van der Waals surface area contributed by atoms with Gasteiger partial charge in [0.1, 0.15) is 11.5 Å². The highest BCUT2D eigenvalue weighted by Crippen LogP contribution is 2.39. The number of methoxy groups -OCH3 is 2. The maximum Gasteiger partial charge on any atom is 0.122 e. The minimum atomic E-state index is -0.174. The van der Waals surface area contributed by atoms with Crippen molar-refractivity contribution in [2.45, 2.75) is 31.4 Å². The maximum atomic E-state index is 5.95. The van der Waals surface area contributed by atoms with Crippen LogP contribution in [0.15, 0.2) is 18.2 Å². The lowest BCUT2D eigenvalue weighted by atomic mass is 9.87. The minimum Gasteiger partial charge on any atom is -0.497 e. The van der Waals surface area contributed by atoms with E-state index in [1.807, 2.05) is 25.2 Å². The average Bonchev–Trinajstić information content (AvgIpc) is 2.86. The van der Waals surface area contributed by atoms with Crippen LogP contribution < -0.4 is 14.8 Å². The third-order valence-corrected chi connectivity index (χ3v) is 3.86. The smallest absolute Gasteiger partial charge is 0.122 e. The summed E-state index contributed by atoms with van der Waals surface area (Å²) in [5.41, 5.74) is 0.953. The van der Waals surface area contributed by atoms with Gasteiger partial charge in [-0.3, -0.25) is 0 Å². The Morgan fingerprint density at radius 3 is 2.26 bits per heavy atom. The summed E-state index contributed by atoms with van der Waals surface area (Å²) in [4.78, 5) is 0. The standard InChI is InChI=1S/C15H23NO3/c1-15(6-5-7-19-15)14(16-2)11-8-12(17-3)10-13(9-11)18-4/h8-10,14,16H,5-7H2,1-4H3. The zero-order valence-corrected chi connectivity index (χ0v) is 12.2. The van der Waals surface area contributed by atoms with Crippen molar-refractivity contribution >= 4 is 0 Å². The van der Waals surface area contributed by atoms with Crippen molar-refractivity contribution in [1.29, 1.82) is 0 Å². The zero-order chi connectivity index (χ0) is 13.9. The SMILES string of the molecule is CNC(c1cc(OC)cc(OC)c1)C1(C)CCCO1. The van der Waals surface area contributed by atoms with Crippen molar-refractivity contribution in [1.82, 2.24) is 5.32 Å². The monoisotopic (exact) mass is 265 g/mol. The Kier molecular flexibility index (Phi) is 4.32. The number of hydrogen-bond acceptors (Lipinski definition) is 4. The number of likely N-dealkylation sites (N-methyl/N-ethyl adjacent to an activating group) is 1. The molecule has 0 bridgehead atoms. The van der Waals surface area contributed by atoms with Crippen LogP contribution in [-0.4, -0.2) is 33.5 Å². The van der Waals surface area contributed by atoms with Crippen LogP contribution in [0.5, 0.6) is 11.5 Å². The van der Waals surface area contributed by atoms with Gasteiger partial charge in [0.25, 0.3) is 0 Å². The van der Waals surface area contributed by atoms with Gasteiger partial charge < -0.3 is 19.5 Å². The molecule has 1 saturated heterocycles. The van der Waals surface area contributed by atoms with E-state index in [1.54, 1.807) is 14.2 Å². The maximum absolute atomic E-state index is 5.95. The second-order valence-electron chi connectivity index (χ2n) is 5.13. The third-order valence-electron chi connectivity index (χ3n) is 3.86. The molecule has 0 aromatic heterocycles. The molecule has 1 N–H and O–H groups in total. The molecule has 1 aliphatic heterocycles. The second-order valence-corrected chi connectivity index (χ2v) is 5.13.